The molecular formula is C13H26. The van der Waals surface area contributed by atoms with Crippen molar-refractivity contribution in [2.45, 2.75) is 65.7 Å². The van der Waals surface area contributed by atoms with E-state index in [1.54, 1.807) is 0 Å². The summed E-state index contributed by atoms with van der Waals surface area (Å²) < 4.78 is 0. The number of hydrogen-bond donors (Lipinski definition) is 0. The summed E-state index contributed by atoms with van der Waals surface area (Å²) in [4.78, 5) is 0. The quantitative estimate of drug-likeness (QED) is 0.581. The lowest BCUT2D eigenvalue weighted by atomic mass is 9.82. The molecule has 1 fully saturated rings. The zero-order chi connectivity index (χ0) is 9.68. The normalized spacial score (nSPS) is 23.3. The Balaban J connectivity index is 2.29. The lowest BCUT2D eigenvalue weighted by Gasteiger charge is -2.24. The summed E-state index contributed by atoms with van der Waals surface area (Å²) in [7, 11) is 0. The van der Waals surface area contributed by atoms with Gasteiger partial charge in [-0.05, 0) is 24.2 Å². The van der Waals surface area contributed by atoms with Crippen molar-refractivity contribution >= 4 is 0 Å². The molecule has 1 saturated carbocycles. The molecule has 0 amide bonds. The largest absolute Gasteiger partial charge is 0.0651 e. The van der Waals surface area contributed by atoms with Crippen molar-refractivity contribution in [2.75, 3.05) is 0 Å². The second-order valence-corrected chi connectivity index (χ2v) is 4.94. The molecule has 0 aliphatic heterocycles. The van der Waals surface area contributed by atoms with Crippen LogP contribution < -0.4 is 0 Å². The van der Waals surface area contributed by atoms with E-state index < -0.39 is 0 Å². The third-order valence-electron chi connectivity index (χ3n) is 4.08. The molecule has 0 aromatic rings. The van der Waals surface area contributed by atoms with Gasteiger partial charge in [0.25, 0.3) is 0 Å². The summed E-state index contributed by atoms with van der Waals surface area (Å²) in [5.41, 5.74) is 0. The highest BCUT2D eigenvalue weighted by Crippen LogP contribution is 2.34. The van der Waals surface area contributed by atoms with Gasteiger partial charge in [0, 0.05) is 0 Å². The van der Waals surface area contributed by atoms with Gasteiger partial charge in [0.1, 0.15) is 0 Å². The first-order chi connectivity index (χ1) is 6.27. The number of rotatable bonds is 5. The van der Waals surface area contributed by atoms with Crippen LogP contribution in [0.3, 0.4) is 0 Å². The van der Waals surface area contributed by atoms with E-state index >= 15 is 0 Å². The van der Waals surface area contributed by atoms with Gasteiger partial charge in [0.15, 0.2) is 0 Å². The lowest BCUT2D eigenvalue weighted by Crippen LogP contribution is -2.13. The van der Waals surface area contributed by atoms with Crippen LogP contribution in [0.1, 0.15) is 65.7 Å². The first-order valence-electron chi connectivity index (χ1n) is 6.27. The third kappa shape index (κ3) is 3.32. The molecule has 2 unspecified atom stereocenters. The van der Waals surface area contributed by atoms with E-state index in [1.807, 2.05) is 0 Å². The molecule has 0 radical (unpaired) electrons. The fourth-order valence-electron chi connectivity index (χ4n) is 2.81. The van der Waals surface area contributed by atoms with Gasteiger partial charge in [-0.1, -0.05) is 59.3 Å². The second kappa shape index (κ2) is 5.67. The van der Waals surface area contributed by atoms with Crippen LogP contribution in [0.4, 0.5) is 0 Å². The molecule has 78 valence electrons. The molecule has 1 rings (SSSR count). The standard InChI is InChI=1S/C13H26/c1-4-11(3)13(5-2)10-12-8-6-7-9-12/h11-13H,4-10H2,1-3H3. The molecule has 0 nitrogen and oxygen atoms in total. The van der Waals surface area contributed by atoms with Crippen molar-refractivity contribution < 1.29 is 0 Å². The van der Waals surface area contributed by atoms with E-state index in [4.69, 9.17) is 0 Å². The summed E-state index contributed by atoms with van der Waals surface area (Å²) in [6, 6.07) is 0. The molecule has 0 aromatic carbocycles. The van der Waals surface area contributed by atoms with Gasteiger partial charge in [-0.2, -0.15) is 0 Å². The summed E-state index contributed by atoms with van der Waals surface area (Å²) in [6.45, 7) is 7.14. The van der Waals surface area contributed by atoms with Gasteiger partial charge in [-0.3, -0.25) is 0 Å². The highest BCUT2D eigenvalue weighted by molar-refractivity contribution is 4.73. The summed E-state index contributed by atoms with van der Waals surface area (Å²) in [5, 5.41) is 0. The minimum absolute atomic E-state index is 0.950. The molecule has 1 aliphatic rings. The SMILES string of the molecule is CCC(C)C(CC)CC1CCCC1. The van der Waals surface area contributed by atoms with Gasteiger partial charge in [-0.15, -0.1) is 0 Å². The molecule has 0 saturated heterocycles. The van der Waals surface area contributed by atoms with Crippen LogP contribution in [-0.4, -0.2) is 0 Å². The molecular weight excluding hydrogens is 156 g/mol. The fraction of sp³-hybridized carbons (Fsp3) is 1.00. The smallest absolute Gasteiger partial charge is 0.0389 e. The molecule has 0 aromatic heterocycles. The van der Waals surface area contributed by atoms with Crippen molar-refractivity contribution in [1.82, 2.24) is 0 Å². The Morgan fingerprint density at radius 2 is 1.69 bits per heavy atom. The van der Waals surface area contributed by atoms with Gasteiger partial charge in [0.05, 0.1) is 0 Å². The highest BCUT2D eigenvalue weighted by Gasteiger charge is 2.21. The minimum atomic E-state index is 0.950. The Morgan fingerprint density at radius 3 is 2.15 bits per heavy atom. The van der Waals surface area contributed by atoms with Gasteiger partial charge >= 0.3 is 0 Å². The molecule has 13 heavy (non-hydrogen) atoms. The first-order valence-corrected chi connectivity index (χ1v) is 6.27. The van der Waals surface area contributed by atoms with Crippen LogP contribution in [0.15, 0.2) is 0 Å². The van der Waals surface area contributed by atoms with Crippen molar-refractivity contribution in [1.29, 1.82) is 0 Å². The zero-order valence-electron chi connectivity index (χ0n) is 9.68. The average molecular weight is 182 g/mol. The van der Waals surface area contributed by atoms with E-state index in [0.29, 0.717) is 0 Å². The highest BCUT2D eigenvalue weighted by atomic mass is 14.3. The minimum Gasteiger partial charge on any atom is -0.0651 e. The predicted molar refractivity (Wildman–Crippen MR) is 59.8 cm³/mol. The maximum Gasteiger partial charge on any atom is -0.0389 e. The first kappa shape index (κ1) is 11.1. The Kier molecular flexibility index (Phi) is 4.83. The van der Waals surface area contributed by atoms with E-state index in [2.05, 4.69) is 20.8 Å². The third-order valence-corrected chi connectivity index (χ3v) is 4.08. The van der Waals surface area contributed by atoms with Crippen molar-refractivity contribution in [3.63, 3.8) is 0 Å². The van der Waals surface area contributed by atoms with Crippen molar-refractivity contribution in [3.8, 4) is 0 Å². The molecule has 0 bridgehead atoms. The predicted octanol–water partition coefficient (Wildman–Crippen LogP) is 4.64. The van der Waals surface area contributed by atoms with Crippen LogP contribution in [0.25, 0.3) is 0 Å². The summed E-state index contributed by atoms with van der Waals surface area (Å²) in [5.74, 6) is 3.04. The van der Waals surface area contributed by atoms with E-state index in [0.717, 1.165) is 17.8 Å². The molecule has 0 heterocycles. The lowest BCUT2D eigenvalue weighted by molar-refractivity contribution is 0.269. The zero-order valence-corrected chi connectivity index (χ0v) is 9.68. The van der Waals surface area contributed by atoms with Crippen LogP contribution in [0.5, 0.6) is 0 Å². The van der Waals surface area contributed by atoms with E-state index in [-0.39, 0.29) is 0 Å². The van der Waals surface area contributed by atoms with Gasteiger partial charge in [0.2, 0.25) is 0 Å². The Hall–Kier alpha value is 0. The molecule has 2 atom stereocenters. The Bertz CT molecular complexity index is 122. The molecule has 0 heteroatoms. The molecule has 1 aliphatic carbocycles. The van der Waals surface area contributed by atoms with E-state index in [1.165, 1.54) is 44.9 Å². The summed E-state index contributed by atoms with van der Waals surface area (Å²) in [6.07, 6.45) is 10.3. The van der Waals surface area contributed by atoms with Crippen LogP contribution in [0, 0.1) is 17.8 Å². The van der Waals surface area contributed by atoms with Crippen molar-refractivity contribution in [3.05, 3.63) is 0 Å². The Labute approximate surface area is 84.1 Å². The van der Waals surface area contributed by atoms with E-state index in [9.17, 15) is 0 Å². The molecule has 0 N–H and O–H groups in total. The Morgan fingerprint density at radius 1 is 1.08 bits per heavy atom. The van der Waals surface area contributed by atoms with Gasteiger partial charge in [-0.25, -0.2) is 0 Å². The monoisotopic (exact) mass is 182 g/mol. The topological polar surface area (TPSA) is 0 Å². The van der Waals surface area contributed by atoms with Gasteiger partial charge < -0.3 is 0 Å². The van der Waals surface area contributed by atoms with Crippen LogP contribution in [0.2, 0.25) is 0 Å². The van der Waals surface area contributed by atoms with Crippen LogP contribution in [-0.2, 0) is 0 Å². The van der Waals surface area contributed by atoms with Crippen LogP contribution >= 0.6 is 0 Å². The average Bonchev–Trinajstić information content (AvgIpc) is 2.65. The molecule has 0 spiro atoms. The maximum absolute atomic E-state index is 2.43. The van der Waals surface area contributed by atoms with Crippen molar-refractivity contribution in [2.24, 2.45) is 17.8 Å². The number of hydrogen-bond acceptors (Lipinski definition) is 0. The second-order valence-electron chi connectivity index (χ2n) is 4.94. The fourth-order valence-corrected chi connectivity index (χ4v) is 2.81. The summed E-state index contributed by atoms with van der Waals surface area (Å²) >= 11 is 0. The maximum atomic E-state index is 2.43.